The van der Waals surface area contributed by atoms with Crippen LogP contribution in [0.2, 0.25) is 5.02 Å². The van der Waals surface area contributed by atoms with E-state index in [1.807, 2.05) is 13.0 Å². The minimum absolute atomic E-state index is 0.247. The van der Waals surface area contributed by atoms with E-state index in [0.29, 0.717) is 28.4 Å². The Labute approximate surface area is 116 Å². The highest BCUT2D eigenvalue weighted by Gasteiger charge is 2.05. The molecule has 0 aliphatic heterocycles. The highest BCUT2D eigenvalue weighted by atomic mass is 35.5. The van der Waals surface area contributed by atoms with Gasteiger partial charge in [-0.3, -0.25) is 0 Å². The van der Waals surface area contributed by atoms with Crippen molar-refractivity contribution in [2.45, 2.75) is 13.5 Å². The van der Waals surface area contributed by atoms with Crippen LogP contribution in [-0.2, 0) is 6.54 Å². The zero-order chi connectivity index (χ0) is 13.8. The molecule has 0 aromatic heterocycles. The fraction of sp³-hybridized carbons (Fsp3) is 0.133. The molecule has 19 heavy (non-hydrogen) atoms. The lowest BCUT2D eigenvalue weighted by Gasteiger charge is -2.10. The van der Waals surface area contributed by atoms with Gasteiger partial charge in [0, 0.05) is 12.1 Å². The normalized spacial score (nSPS) is 10.0. The predicted molar refractivity (Wildman–Crippen MR) is 74.6 cm³/mol. The summed E-state index contributed by atoms with van der Waals surface area (Å²) in [4.78, 5) is 0. The second-order valence-electron chi connectivity index (χ2n) is 4.25. The van der Waals surface area contributed by atoms with Crippen LogP contribution in [0.5, 0.6) is 0 Å². The van der Waals surface area contributed by atoms with E-state index in [0.717, 1.165) is 5.56 Å². The van der Waals surface area contributed by atoms with Gasteiger partial charge in [-0.05, 0) is 31.2 Å². The molecule has 0 spiro atoms. The molecule has 96 valence electrons. The lowest BCUT2D eigenvalue weighted by molar-refractivity contribution is 0.612. The van der Waals surface area contributed by atoms with Gasteiger partial charge in [0.1, 0.15) is 5.82 Å². The standard InChI is InChI=1S/C15H12ClFN2/c1-10-2-4-14(17)12(6-10)9-19-15-5-3-11(8-18)7-13(15)16/h2-7,19H,9H2,1H3. The number of benzene rings is 2. The first-order chi connectivity index (χ1) is 9.10. The SMILES string of the molecule is Cc1ccc(F)c(CNc2ccc(C#N)cc2Cl)c1. The van der Waals surface area contributed by atoms with Crippen LogP contribution in [0.3, 0.4) is 0 Å². The lowest BCUT2D eigenvalue weighted by atomic mass is 10.1. The van der Waals surface area contributed by atoms with Crippen LogP contribution in [0.15, 0.2) is 36.4 Å². The summed E-state index contributed by atoms with van der Waals surface area (Å²) in [6.07, 6.45) is 0. The molecule has 2 aromatic carbocycles. The first kappa shape index (κ1) is 13.4. The molecule has 2 nitrogen and oxygen atoms in total. The second-order valence-corrected chi connectivity index (χ2v) is 4.66. The molecule has 0 unspecified atom stereocenters. The Kier molecular flexibility index (Phi) is 4.03. The monoisotopic (exact) mass is 274 g/mol. The maximum absolute atomic E-state index is 13.6. The summed E-state index contributed by atoms with van der Waals surface area (Å²) in [5.41, 5.74) is 2.77. The molecule has 1 N–H and O–H groups in total. The smallest absolute Gasteiger partial charge is 0.128 e. The highest BCUT2D eigenvalue weighted by molar-refractivity contribution is 6.33. The summed E-state index contributed by atoms with van der Waals surface area (Å²) in [6, 6.07) is 11.9. The summed E-state index contributed by atoms with van der Waals surface area (Å²) in [5, 5.41) is 12.3. The van der Waals surface area contributed by atoms with E-state index < -0.39 is 0 Å². The van der Waals surface area contributed by atoms with E-state index in [2.05, 4.69) is 5.32 Å². The quantitative estimate of drug-likeness (QED) is 0.907. The summed E-state index contributed by atoms with van der Waals surface area (Å²) < 4.78 is 13.6. The number of nitrogens with zero attached hydrogens (tertiary/aromatic N) is 1. The van der Waals surface area contributed by atoms with Gasteiger partial charge in [-0.25, -0.2) is 4.39 Å². The topological polar surface area (TPSA) is 35.8 Å². The summed E-state index contributed by atoms with van der Waals surface area (Å²) in [7, 11) is 0. The van der Waals surface area contributed by atoms with Crippen LogP contribution in [-0.4, -0.2) is 0 Å². The molecule has 4 heteroatoms. The third-order valence-corrected chi connectivity index (χ3v) is 3.08. The van der Waals surface area contributed by atoms with Gasteiger partial charge in [0.15, 0.2) is 0 Å². The zero-order valence-corrected chi connectivity index (χ0v) is 11.1. The van der Waals surface area contributed by atoms with Gasteiger partial charge in [-0.2, -0.15) is 5.26 Å². The van der Waals surface area contributed by atoms with Crippen molar-refractivity contribution >= 4 is 17.3 Å². The molecule has 2 rings (SSSR count). The number of rotatable bonds is 3. The number of aryl methyl sites for hydroxylation is 1. The number of hydrogen-bond acceptors (Lipinski definition) is 2. The van der Waals surface area contributed by atoms with Gasteiger partial charge in [0.25, 0.3) is 0 Å². The van der Waals surface area contributed by atoms with Crippen molar-refractivity contribution in [2.75, 3.05) is 5.32 Å². The van der Waals surface area contributed by atoms with Crippen LogP contribution in [0.25, 0.3) is 0 Å². The molecule has 0 amide bonds. The van der Waals surface area contributed by atoms with Crippen molar-refractivity contribution in [1.82, 2.24) is 0 Å². The second kappa shape index (κ2) is 5.73. The van der Waals surface area contributed by atoms with Gasteiger partial charge in [0.05, 0.1) is 22.3 Å². The Bertz CT molecular complexity index is 647. The van der Waals surface area contributed by atoms with E-state index >= 15 is 0 Å². The Balaban J connectivity index is 2.15. The van der Waals surface area contributed by atoms with Crippen molar-refractivity contribution in [3.63, 3.8) is 0 Å². The van der Waals surface area contributed by atoms with Crippen LogP contribution in [0.4, 0.5) is 10.1 Å². The summed E-state index contributed by atoms with van der Waals surface area (Å²) in [5.74, 6) is -0.247. The first-order valence-corrected chi connectivity index (χ1v) is 6.16. The molecular formula is C15H12ClFN2. The fourth-order valence-corrected chi connectivity index (χ4v) is 2.00. The zero-order valence-electron chi connectivity index (χ0n) is 10.4. The van der Waals surface area contributed by atoms with Crippen LogP contribution < -0.4 is 5.32 Å². The molecule has 0 aliphatic carbocycles. The molecule has 0 aliphatic rings. The third kappa shape index (κ3) is 3.24. The van der Waals surface area contributed by atoms with E-state index in [1.165, 1.54) is 6.07 Å². The third-order valence-electron chi connectivity index (χ3n) is 2.77. The number of hydrogen-bond donors (Lipinski definition) is 1. The molecule has 0 radical (unpaired) electrons. The van der Waals surface area contributed by atoms with Crippen LogP contribution in [0.1, 0.15) is 16.7 Å². The Morgan fingerprint density at radius 2 is 2.05 bits per heavy atom. The highest BCUT2D eigenvalue weighted by Crippen LogP contribution is 2.23. The maximum atomic E-state index is 13.6. The van der Waals surface area contributed by atoms with Crippen molar-refractivity contribution in [3.05, 3.63) is 63.9 Å². The molecular weight excluding hydrogens is 263 g/mol. The van der Waals surface area contributed by atoms with Crippen molar-refractivity contribution < 1.29 is 4.39 Å². The average Bonchev–Trinajstić information content (AvgIpc) is 2.40. The molecule has 0 atom stereocenters. The van der Waals surface area contributed by atoms with Crippen LogP contribution >= 0.6 is 11.6 Å². The van der Waals surface area contributed by atoms with Gasteiger partial charge in [-0.1, -0.05) is 29.3 Å². The fourth-order valence-electron chi connectivity index (χ4n) is 1.76. The van der Waals surface area contributed by atoms with Gasteiger partial charge < -0.3 is 5.32 Å². The molecule has 0 saturated carbocycles. The van der Waals surface area contributed by atoms with Crippen molar-refractivity contribution in [3.8, 4) is 6.07 Å². The molecule has 0 saturated heterocycles. The molecule has 0 fully saturated rings. The molecule has 0 heterocycles. The lowest BCUT2D eigenvalue weighted by Crippen LogP contribution is -2.02. The van der Waals surface area contributed by atoms with Gasteiger partial charge in [0.2, 0.25) is 0 Å². The first-order valence-electron chi connectivity index (χ1n) is 5.78. The van der Waals surface area contributed by atoms with E-state index in [1.54, 1.807) is 30.3 Å². The number of nitriles is 1. The largest absolute Gasteiger partial charge is 0.380 e. The van der Waals surface area contributed by atoms with Gasteiger partial charge >= 0.3 is 0 Å². The maximum Gasteiger partial charge on any atom is 0.128 e. The summed E-state index contributed by atoms with van der Waals surface area (Å²) >= 11 is 6.04. The number of halogens is 2. The van der Waals surface area contributed by atoms with Crippen molar-refractivity contribution in [1.29, 1.82) is 5.26 Å². The Morgan fingerprint density at radius 1 is 1.26 bits per heavy atom. The Morgan fingerprint density at radius 3 is 2.74 bits per heavy atom. The van der Waals surface area contributed by atoms with Gasteiger partial charge in [-0.15, -0.1) is 0 Å². The Hall–Kier alpha value is -2.05. The summed E-state index contributed by atoms with van der Waals surface area (Å²) in [6.45, 7) is 2.26. The minimum atomic E-state index is -0.247. The van der Waals surface area contributed by atoms with E-state index in [-0.39, 0.29) is 5.82 Å². The number of nitrogens with one attached hydrogen (secondary N) is 1. The minimum Gasteiger partial charge on any atom is -0.380 e. The van der Waals surface area contributed by atoms with E-state index in [4.69, 9.17) is 16.9 Å². The van der Waals surface area contributed by atoms with E-state index in [9.17, 15) is 4.39 Å². The van der Waals surface area contributed by atoms with Crippen LogP contribution in [0, 0.1) is 24.1 Å². The average molecular weight is 275 g/mol. The molecule has 2 aromatic rings. The predicted octanol–water partition coefficient (Wildman–Crippen LogP) is 4.27. The number of anilines is 1. The molecule has 0 bridgehead atoms. The van der Waals surface area contributed by atoms with Crippen molar-refractivity contribution in [2.24, 2.45) is 0 Å².